The molecule has 3 rings (SSSR count). The molecule has 0 aliphatic heterocycles. The fourth-order valence-corrected chi connectivity index (χ4v) is 2.57. The summed E-state index contributed by atoms with van der Waals surface area (Å²) in [5.41, 5.74) is 6.52. The molecule has 3 heterocycles. The molecule has 0 unspecified atom stereocenters. The lowest BCUT2D eigenvalue weighted by Gasteiger charge is -2.09. The molecule has 0 aliphatic rings. The highest BCUT2D eigenvalue weighted by molar-refractivity contribution is 5.45. The predicted molar refractivity (Wildman–Crippen MR) is 97.9 cm³/mol. The van der Waals surface area contributed by atoms with Gasteiger partial charge in [-0.15, -0.1) is 0 Å². The minimum atomic E-state index is -1.88. The fourth-order valence-electron chi connectivity index (χ4n) is 2.57. The Kier molecular flexibility index (Phi) is 5.47. The van der Waals surface area contributed by atoms with Crippen LogP contribution in [-0.2, 0) is 13.5 Å². The average molecular weight is 385 g/mol. The van der Waals surface area contributed by atoms with E-state index in [9.17, 15) is 13.6 Å². The number of rotatable bonds is 4. The maximum absolute atomic E-state index is 12.9. The molecule has 3 aromatic heterocycles. The molecular formula is C18H17F2N7O. The van der Waals surface area contributed by atoms with E-state index >= 15 is 0 Å². The minimum absolute atomic E-state index is 0.100. The van der Waals surface area contributed by atoms with Gasteiger partial charge in [0.05, 0.1) is 11.8 Å². The van der Waals surface area contributed by atoms with Crippen LogP contribution in [0.5, 0.6) is 0 Å². The third kappa shape index (κ3) is 4.05. The molecular weight excluding hydrogens is 368 g/mol. The van der Waals surface area contributed by atoms with Crippen LogP contribution >= 0.6 is 0 Å². The van der Waals surface area contributed by atoms with E-state index in [-0.39, 0.29) is 30.2 Å². The molecule has 10 heteroatoms. The molecule has 3 N–H and O–H groups in total. The number of hydrogen-bond acceptors (Lipinski definition) is 5. The van der Waals surface area contributed by atoms with Gasteiger partial charge in [-0.3, -0.25) is 4.68 Å². The molecule has 28 heavy (non-hydrogen) atoms. The molecule has 0 saturated carbocycles. The summed E-state index contributed by atoms with van der Waals surface area (Å²) >= 11 is 0. The van der Waals surface area contributed by atoms with Crippen molar-refractivity contribution < 1.29 is 8.78 Å². The Hall–Kier alpha value is -3.58. The van der Waals surface area contributed by atoms with Crippen LogP contribution in [0.1, 0.15) is 22.5 Å². The van der Waals surface area contributed by atoms with Gasteiger partial charge in [0.15, 0.2) is 0 Å². The van der Waals surface area contributed by atoms with Gasteiger partial charge in [-0.05, 0) is 18.6 Å². The number of aryl methyl sites for hydroxylation is 2. The van der Waals surface area contributed by atoms with E-state index in [4.69, 9.17) is 5.73 Å². The lowest BCUT2D eigenvalue weighted by atomic mass is 10.1. The number of pyridine rings is 1. The third-order valence-corrected chi connectivity index (χ3v) is 3.95. The van der Waals surface area contributed by atoms with Gasteiger partial charge in [0.2, 0.25) is 0 Å². The molecule has 8 nitrogen and oxygen atoms in total. The SMILES string of the molecule is Cc1cc(C#Cc2cnn(C)c2)cnc1-n1c(CC(CN)=C(F)F)n[nH]c1=O. The van der Waals surface area contributed by atoms with Crippen molar-refractivity contribution in [3.63, 3.8) is 0 Å². The molecule has 0 bridgehead atoms. The maximum Gasteiger partial charge on any atom is 0.349 e. The average Bonchev–Trinajstić information content (AvgIpc) is 3.23. The molecule has 0 aliphatic carbocycles. The number of aromatic nitrogens is 6. The van der Waals surface area contributed by atoms with Crippen LogP contribution < -0.4 is 11.4 Å². The van der Waals surface area contributed by atoms with Gasteiger partial charge < -0.3 is 5.73 Å². The van der Waals surface area contributed by atoms with Crippen molar-refractivity contribution in [3.8, 4) is 17.7 Å². The predicted octanol–water partition coefficient (Wildman–Crippen LogP) is 1.05. The van der Waals surface area contributed by atoms with E-state index in [0.717, 1.165) is 10.1 Å². The molecule has 0 atom stereocenters. The van der Waals surface area contributed by atoms with Crippen molar-refractivity contribution >= 4 is 0 Å². The quantitative estimate of drug-likeness (QED) is 0.653. The van der Waals surface area contributed by atoms with Crippen LogP contribution in [0.4, 0.5) is 8.78 Å². The third-order valence-electron chi connectivity index (χ3n) is 3.95. The Bertz CT molecular complexity index is 1160. The van der Waals surface area contributed by atoms with Crippen molar-refractivity contribution in [1.29, 1.82) is 0 Å². The van der Waals surface area contributed by atoms with Gasteiger partial charge in [-0.1, -0.05) is 11.8 Å². The Morgan fingerprint density at radius 2 is 2.04 bits per heavy atom. The Morgan fingerprint density at radius 1 is 1.29 bits per heavy atom. The molecule has 0 spiro atoms. The van der Waals surface area contributed by atoms with Crippen molar-refractivity contribution in [2.24, 2.45) is 12.8 Å². The number of nitrogens with one attached hydrogen (secondary N) is 1. The summed E-state index contributed by atoms with van der Waals surface area (Å²) in [6.45, 7) is 1.41. The molecule has 144 valence electrons. The number of nitrogens with zero attached hydrogens (tertiary/aromatic N) is 5. The second kappa shape index (κ2) is 7.98. The number of nitrogens with two attached hydrogens (primary N) is 1. The van der Waals surface area contributed by atoms with E-state index in [1.807, 2.05) is 0 Å². The van der Waals surface area contributed by atoms with Crippen molar-refractivity contribution in [2.45, 2.75) is 13.3 Å². The first-order chi connectivity index (χ1) is 13.4. The number of halogens is 2. The van der Waals surface area contributed by atoms with E-state index in [1.54, 1.807) is 37.1 Å². The molecule has 3 aromatic rings. The zero-order chi connectivity index (χ0) is 20.3. The fraction of sp³-hybridized carbons (Fsp3) is 0.222. The minimum Gasteiger partial charge on any atom is -0.327 e. The summed E-state index contributed by atoms with van der Waals surface area (Å²) < 4.78 is 28.6. The smallest absolute Gasteiger partial charge is 0.327 e. The van der Waals surface area contributed by atoms with Gasteiger partial charge >= 0.3 is 5.69 Å². The first-order valence-corrected chi connectivity index (χ1v) is 8.26. The van der Waals surface area contributed by atoms with Gasteiger partial charge in [0, 0.05) is 43.5 Å². The van der Waals surface area contributed by atoms with Crippen LogP contribution in [0.25, 0.3) is 5.82 Å². The highest BCUT2D eigenvalue weighted by Gasteiger charge is 2.17. The van der Waals surface area contributed by atoms with Crippen molar-refractivity contribution in [1.82, 2.24) is 29.5 Å². The molecule has 0 radical (unpaired) electrons. The van der Waals surface area contributed by atoms with Crippen LogP contribution in [0, 0.1) is 18.8 Å². The van der Waals surface area contributed by atoms with Crippen LogP contribution in [0.3, 0.4) is 0 Å². The van der Waals surface area contributed by atoms with Crippen LogP contribution in [0.15, 0.2) is 41.1 Å². The zero-order valence-corrected chi connectivity index (χ0v) is 15.2. The number of H-pyrrole nitrogens is 1. The maximum atomic E-state index is 12.9. The second-order valence-corrected chi connectivity index (χ2v) is 6.04. The van der Waals surface area contributed by atoms with E-state index < -0.39 is 11.8 Å². The summed E-state index contributed by atoms with van der Waals surface area (Å²) in [6.07, 6.45) is 2.79. The second-order valence-electron chi connectivity index (χ2n) is 6.04. The van der Waals surface area contributed by atoms with Crippen molar-refractivity contribution in [2.75, 3.05) is 6.54 Å². The van der Waals surface area contributed by atoms with Gasteiger partial charge in [-0.25, -0.2) is 19.4 Å². The monoisotopic (exact) mass is 385 g/mol. The van der Waals surface area contributed by atoms with E-state index in [1.165, 1.54) is 6.20 Å². The summed E-state index contributed by atoms with van der Waals surface area (Å²) in [6, 6.07) is 1.75. The van der Waals surface area contributed by atoms with E-state index in [0.29, 0.717) is 11.1 Å². The van der Waals surface area contributed by atoms with Crippen LogP contribution in [0.2, 0.25) is 0 Å². The van der Waals surface area contributed by atoms with Gasteiger partial charge in [0.1, 0.15) is 11.6 Å². The highest BCUT2D eigenvalue weighted by atomic mass is 19.3. The molecule has 0 saturated heterocycles. The van der Waals surface area contributed by atoms with Gasteiger partial charge in [-0.2, -0.15) is 19.0 Å². The van der Waals surface area contributed by atoms with Gasteiger partial charge in [0.25, 0.3) is 6.08 Å². The Balaban J connectivity index is 1.95. The molecule has 0 aromatic carbocycles. The summed E-state index contributed by atoms with van der Waals surface area (Å²) in [4.78, 5) is 16.4. The van der Waals surface area contributed by atoms with Crippen molar-refractivity contribution in [3.05, 3.63) is 69.3 Å². The Labute approximate surface area is 158 Å². The summed E-state index contributed by atoms with van der Waals surface area (Å²) in [7, 11) is 1.80. The van der Waals surface area contributed by atoms with E-state index in [2.05, 4.69) is 32.1 Å². The lowest BCUT2D eigenvalue weighted by molar-refractivity contribution is 0.407. The highest BCUT2D eigenvalue weighted by Crippen LogP contribution is 2.16. The van der Waals surface area contributed by atoms with Crippen LogP contribution in [-0.4, -0.2) is 36.1 Å². The first-order valence-electron chi connectivity index (χ1n) is 8.26. The molecule has 0 amide bonds. The Morgan fingerprint density at radius 3 is 2.64 bits per heavy atom. The topological polar surface area (TPSA) is 107 Å². The largest absolute Gasteiger partial charge is 0.349 e. The lowest BCUT2D eigenvalue weighted by Crippen LogP contribution is -2.20. The normalized spacial score (nSPS) is 10.5. The summed E-state index contributed by atoms with van der Waals surface area (Å²) in [5, 5.41) is 10.1. The zero-order valence-electron chi connectivity index (χ0n) is 15.2. The summed E-state index contributed by atoms with van der Waals surface area (Å²) in [5.74, 6) is 6.33. The standard InChI is InChI=1S/C18H17F2N7O/c1-11-5-12(3-4-13-9-23-26(2)10-13)8-22-17(11)27-15(24-25-18(27)28)6-14(7-21)16(19)20/h5,8-10H,6-7,21H2,1-2H3,(H,25,28). The first kappa shape index (κ1) is 19.2. The molecule has 0 fully saturated rings. The number of aromatic amines is 1. The number of hydrogen-bond donors (Lipinski definition) is 2.